The van der Waals surface area contributed by atoms with Crippen molar-refractivity contribution < 1.29 is 14.0 Å². The highest BCUT2D eigenvalue weighted by molar-refractivity contribution is 6.24. The zero-order valence-electron chi connectivity index (χ0n) is 10.5. The topological polar surface area (TPSA) is 47.0 Å². The number of allylic oxidation sites excluding steroid dienone is 2. The van der Waals surface area contributed by atoms with Crippen molar-refractivity contribution in [2.24, 2.45) is 0 Å². The molecule has 0 bridgehead atoms. The van der Waals surface area contributed by atoms with Crippen LogP contribution in [-0.4, -0.2) is 16.6 Å². The maximum atomic E-state index is 12.8. The highest BCUT2D eigenvalue weighted by atomic mass is 19.1. The van der Waals surface area contributed by atoms with Gasteiger partial charge >= 0.3 is 0 Å². The predicted molar refractivity (Wildman–Crippen MR) is 71.1 cm³/mol. The number of carbonyl (C=O) groups excluding carboxylic acids is 2. The summed E-state index contributed by atoms with van der Waals surface area (Å²) in [5, 5.41) is 0. The molecule has 1 aromatic carbocycles. The number of carbonyl (C=O) groups is 2. The van der Waals surface area contributed by atoms with Crippen molar-refractivity contribution in [1.82, 2.24) is 4.98 Å². The Balaban J connectivity index is 1.94. The van der Waals surface area contributed by atoms with Crippen LogP contribution in [0.25, 0.3) is 0 Å². The summed E-state index contributed by atoms with van der Waals surface area (Å²) in [6.45, 7) is 0. The second-order valence-electron chi connectivity index (χ2n) is 4.55. The van der Waals surface area contributed by atoms with E-state index < -0.39 is 5.82 Å². The van der Waals surface area contributed by atoms with E-state index in [-0.39, 0.29) is 18.0 Å². The Hall–Kier alpha value is -2.62. The zero-order valence-corrected chi connectivity index (χ0v) is 10.5. The summed E-state index contributed by atoms with van der Waals surface area (Å²) < 4.78 is 12.8. The molecule has 1 aliphatic carbocycles. The summed E-state index contributed by atoms with van der Waals surface area (Å²) in [7, 11) is 0. The number of ketones is 2. The van der Waals surface area contributed by atoms with E-state index in [2.05, 4.69) is 4.98 Å². The van der Waals surface area contributed by atoms with Crippen LogP contribution in [0.15, 0.2) is 54.2 Å². The minimum Gasteiger partial charge on any atom is -0.289 e. The van der Waals surface area contributed by atoms with E-state index in [1.165, 1.54) is 18.2 Å². The van der Waals surface area contributed by atoms with Crippen LogP contribution in [0, 0.1) is 5.82 Å². The molecule has 1 aromatic heterocycles. The van der Waals surface area contributed by atoms with Gasteiger partial charge in [-0.1, -0.05) is 24.3 Å². The molecule has 98 valence electrons. The molecule has 4 heteroatoms. The Morgan fingerprint density at radius 3 is 2.45 bits per heavy atom. The molecule has 0 aliphatic heterocycles. The number of rotatable bonds is 2. The van der Waals surface area contributed by atoms with Crippen LogP contribution in [0.3, 0.4) is 0 Å². The SMILES string of the molecule is O=C1C=C(Cc2ccc(F)cn2)C(=O)c2ccccc21. The summed E-state index contributed by atoms with van der Waals surface area (Å²) in [5.41, 5.74) is 1.77. The molecule has 1 heterocycles. The van der Waals surface area contributed by atoms with Crippen LogP contribution in [-0.2, 0) is 6.42 Å². The zero-order chi connectivity index (χ0) is 14.1. The van der Waals surface area contributed by atoms with Crippen molar-refractivity contribution in [3.63, 3.8) is 0 Å². The lowest BCUT2D eigenvalue weighted by atomic mass is 9.87. The van der Waals surface area contributed by atoms with Gasteiger partial charge in [0.05, 0.1) is 6.20 Å². The Bertz CT molecular complexity index is 732. The molecular weight excluding hydrogens is 257 g/mol. The number of benzene rings is 1. The molecule has 3 rings (SSSR count). The number of pyridine rings is 1. The van der Waals surface area contributed by atoms with E-state index in [1.54, 1.807) is 24.3 Å². The Kier molecular flexibility index (Phi) is 2.99. The summed E-state index contributed by atoms with van der Waals surface area (Å²) >= 11 is 0. The van der Waals surface area contributed by atoms with Crippen LogP contribution in [0.5, 0.6) is 0 Å². The lowest BCUT2D eigenvalue weighted by molar-refractivity contribution is 0.0982. The molecule has 0 radical (unpaired) electrons. The van der Waals surface area contributed by atoms with Gasteiger partial charge in [-0.25, -0.2) is 4.39 Å². The molecule has 20 heavy (non-hydrogen) atoms. The van der Waals surface area contributed by atoms with Crippen molar-refractivity contribution in [3.8, 4) is 0 Å². The minimum atomic E-state index is -0.431. The van der Waals surface area contributed by atoms with E-state index in [4.69, 9.17) is 0 Å². The van der Waals surface area contributed by atoms with E-state index in [1.807, 2.05) is 0 Å². The lowest BCUT2D eigenvalue weighted by Gasteiger charge is -2.14. The third-order valence-corrected chi connectivity index (χ3v) is 3.19. The van der Waals surface area contributed by atoms with Crippen LogP contribution in [0.4, 0.5) is 4.39 Å². The highest BCUT2D eigenvalue weighted by Crippen LogP contribution is 2.23. The van der Waals surface area contributed by atoms with Crippen molar-refractivity contribution in [3.05, 3.63) is 76.9 Å². The predicted octanol–water partition coefficient (Wildman–Crippen LogP) is 2.77. The monoisotopic (exact) mass is 267 g/mol. The molecule has 3 nitrogen and oxygen atoms in total. The molecular formula is C16H10FNO2. The van der Waals surface area contributed by atoms with Gasteiger partial charge in [-0.3, -0.25) is 14.6 Å². The first kappa shape index (κ1) is 12.4. The number of hydrogen-bond donors (Lipinski definition) is 0. The second-order valence-corrected chi connectivity index (χ2v) is 4.55. The van der Waals surface area contributed by atoms with Gasteiger partial charge in [0.15, 0.2) is 11.6 Å². The number of hydrogen-bond acceptors (Lipinski definition) is 3. The normalized spacial score (nSPS) is 13.9. The van der Waals surface area contributed by atoms with E-state index in [0.29, 0.717) is 22.4 Å². The summed E-state index contributed by atoms with van der Waals surface area (Å²) in [6.07, 6.45) is 2.66. The third-order valence-electron chi connectivity index (χ3n) is 3.19. The number of halogens is 1. The van der Waals surface area contributed by atoms with Gasteiger partial charge in [0.2, 0.25) is 0 Å². The maximum absolute atomic E-state index is 12.8. The fourth-order valence-electron chi connectivity index (χ4n) is 2.21. The molecule has 0 atom stereocenters. The van der Waals surface area contributed by atoms with E-state index in [0.717, 1.165) is 6.20 Å². The van der Waals surface area contributed by atoms with Gasteiger partial charge < -0.3 is 0 Å². The Labute approximate surface area is 114 Å². The van der Waals surface area contributed by atoms with Gasteiger partial charge in [0.25, 0.3) is 0 Å². The molecule has 0 saturated carbocycles. The summed E-state index contributed by atoms with van der Waals surface area (Å²) in [4.78, 5) is 28.2. The van der Waals surface area contributed by atoms with Crippen molar-refractivity contribution in [2.75, 3.05) is 0 Å². The Morgan fingerprint density at radius 2 is 1.75 bits per heavy atom. The first-order valence-electron chi connectivity index (χ1n) is 6.14. The lowest BCUT2D eigenvalue weighted by Crippen LogP contribution is -2.18. The van der Waals surface area contributed by atoms with Crippen LogP contribution < -0.4 is 0 Å². The molecule has 0 saturated heterocycles. The molecule has 0 amide bonds. The number of fused-ring (bicyclic) bond motifs is 1. The van der Waals surface area contributed by atoms with Crippen molar-refractivity contribution >= 4 is 11.6 Å². The van der Waals surface area contributed by atoms with Gasteiger partial charge in [-0.15, -0.1) is 0 Å². The van der Waals surface area contributed by atoms with E-state index >= 15 is 0 Å². The highest BCUT2D eigenvalue weighted by Gasteiger charge is 2.25. The Morgan fingerprint density at radius 1 is 1.00 bits per heavy atom. The quantitative estimate of drug-likeness (QED) is 0.840. The molecule has 2 aromatic rings. The first-order valence-corrected chi connectivity index (χ1v) is 6.14. The van der Waals surface area contributed by atoms with Gasteiger partial charge in [-0.05, 0) is 18.2 Å². The molecule has 0 N–H and O–H groups in total. The van der Waals surface area contributed by atoms with Crippen LogP contribution >= 0.6 is 0 Å². The third kappa shape index (κ3) is 2.16. The fourth-order valence-corrected chi connectivity index (χ4v) is 2.21. The van der Waals surface area contributed by atoms with Crippen LogP contribution in [0.2, 0.25) is 0 Å². The molecule has 0 fully saturated rings. The van der Waals surface area contributed by atoms with Gasteiger partial charge in [0.1, 0.15) is 5.82 Å². The maximum Gasteiger partial charge on any atom is 0.190 e. The summed E-state index contributed by atoms with van der Waals surface area (Å²) in [5.74, 6) is -0.789. The first-order chi connectivity index (χ1) is 9.65. The second kappa shape index (κ2) is 4.81. The standard InChI is InChI=1S/C16H10FNO2/c17-11-5-6-12(18-9-11)7-10-8-15(19)13-3-1-2-4-14(13)16(10)20/h1-6,8-9H,7H2. The average Bonchev–Trinajstić information content (AvgIpc) is 2.47. The number of Topliss-reactive ketones (excluding diaryl/α,β-unsaturated/α-hetero) is 1. The van der Waals surface area contributed by atoms with Crippen LogP contribution in [0.1, 0.15) is 26.4 Å². The molecule has 0 spiro atoms. The summed E-state index contributed by atoms with van der Waals surface area (Å²) in [6, 6.07) is 9.52. The smallest absolute Gasteiger partial charge is 0.190 e. The van der Waals surface area contributed by atoms with Crippen molar-refractivity contribution in [1.29, 1.82) is 0 Å². The van der Waals surface area contributed by atoms with Crippen molar-refractivity contribution in [2.45, 2.75) is 6.42 Å². The fraction of sp³-hybridized carbons (Fsp3) is 0.0625. The van der Waals surface area contributed by atoms with Gasteiger partial charge in [-0.2, -0.15) is 0 Å². The van der Waals surface area contributed by atoms with Gasteiger partial charge in [0, 0.05) is 28.8 Å². The molecule has 1 aliphatic rings. The average molecular weight is 267 g/mol. The van der Waals surface area contributed by atoms with E-state index in [9.17, 15) is 14.0 Å². The minimum absolute atomic E-state index is 0.175. The molecule has 0 unspecified atom stereocenters. The number of aromatic nitrogens is 1. The number of nitrogens with zero attached hydrogens (tertiary/aromatic N) is 1. The largest absolute Gasteiger partial charge is 0.289 e.